The van der Waals surface area contributed by atoms with Crippen LogP contribution >= 0.6 is 0 Å². The van der Waals surface area contributed by atoms with Crippen molar-refractivity contribution < 1.29 is 13.2 Å². The Balaban J connectivity index is 1.47. The third kappa shape index (κ3) is 4.15. The normalized spacial score (nSPS) is 15.2. The fourth-order valence-corrected chi connectivity index (χ4v) is 4.97. The van der Waals surface area contributed by atoms with Gasteiger partial charge in [-0.1, -0.05) is 42.5 Å². The maximum absolute atomic E-state index is 13.1. The summed E-state index contributed by atoms with van der Waals surface area (Å²) in [6.45, 7) is 3.72. The lowest BCUT2D eigenvalue weighted by molar-refractivity contribution is 0.380. The van der Waals surface area contributed by atoms with Gasteiger partial charge in [0.05, 0.1) is 12.0 Å². The van der Waals surface area contributed by atoms with E-state index in [0.29, 0.717) is 42.8 Å². The first-order chi connectivity index (χ1) is 14.5. The second-order valence-electron chi connectivity index (χ2n) is 7.10. The Hall–Kier alpha value is -2.97. The van der Waals surface area contributed by atoms with Gasteiger partial charge in [0.15, 0.2) is 0 Å². The molecule has 0 saturated carbocycles. The Bertz CT molecular complexity index is 1110. The van der Waals surface area contributed by atoms with Gasteiger partial charge in [0.25, 0.3) is 0 Å². The number of benzene rings is 2. The number of piperazine rings is 1. The van der Waals surface area contributed by atoms with Gasteiger partial charge in [0, 0.05) is 32.2 Å². The first kappa shape index (κ1) is 20.3. The van der Waals surface area contributed by atoms with Crippen molar-refractivity contribution in [2.45, 2.75) is 11.8 Å². The van der Waals surface area contributed by atoms with Crippen molar-refractivity contribution in [3.05, 3.63) is 66.5 Å². The average Bonchev–Trinajstić information content (AvgIpc) is 2.79. The first-order valence-electron chi connectivity index (χ1n) is 9.77. The smallest absolute Gasteiger partial charge is 0.243 e. The van der Waals surface area contributed by atoms with Crippen LogP contribution in [0.1, 0.15) is 5.82 Å². The molecule has 156 valence electrons. The number of hydrogen-bond acceptors (Lipinski definition) is 6. The highest BCUT2D eigenvalue weighted by Gasteiger charge is 2.29. The minimum Gasteiger partial charge on any atom is -0.481 e. The van der Waals surface area contributed by atoms with Gasteiger partial charge in [0.1, 0.15) is 11.6 Å². The van der Waals surface area contributed by atoms with Gasteiger partial charge >= 0.3 is 0 Å². The fraction of sp³-hybridized carbons (Fsp3) is 0.273. The molecule has 30 heavy (non-hydrogen) atoms. The van der Waals surface area contributed by atoms with E-state index in [0.717, 1.165) is 16.9 Å². The molecule has 2 aromatic carbocycles. The van der Waals surface area contributed by atoms with Crippen LogP contribution in [0.2, 0.25) is 0 Å². The summed E-state index contributed by atoms with van der Waals surface area (Å²) in [6, 6.07) is 18.8. The van der Waals surface area contributed by atoms with Crippen LogP contribution in [0.15, 0.2) is 65.6 Å². The van der Waals surface area contributed by atoms with Crippen LogP contribution in [0.5, 0.6) is 5.88 Å². The Kier molecular flexibility index (Phi) is 5.69. The predicted octanol–water partition coefficient (Wildman–Crippen LogP) is 2.97. The van der Waals surface area contributed by atoms with E-state index in [9.17, 15) is 8.42 Å². The van der Waals surface area contributed by atoms with E-state index in [1.54, 1.807) is 25.3 Å². The molecule has 0 spiro atoms. The summed E-state index contributed by atoms with van der Waals surface area (Å²) < 4.78 is 32.9. The fourth-order valence-electron chi connectivity index (χ4n) is 3.55. The molecule has 1 fully saturated rings. The SMILES string of the molecule is COc1cc(N2CCN(S(=O)(=O)c3ccc(-c4ccccc4)cc3)CC2)nc(C)n1. The van der Waals surface area contributed by atoms with Crippen LogP contribution in [0.3, 0.4) is 0 Å². The monoisotopic (exact) mass is 424 g/mol. The number of methoxy groups -OCH3 is 1. The molecule has 0 aliphatic carbocycles. The highest BCUT2D eigenvalue weighted by Crippen LogP contribution is 2.25. The van der Waals surface area contributed by atoms with Crippen molar-refractivity contribution in [2.24, 2.45) is 0 Å². The van der Waals surface area contributed by atoms with Gasteiger partial charge in [-0.15, -0.1) is 0 Å². The number of aryl methyl sites for hydroxylation is 1. The summed E-state index contributed by atoms with van der Waals surface area (Å²) in [5.74, 6) is 1.88. The van der Waals surface area contributed by atoms with Crippen molar-refractivity contribution in [1.82, 2.24) is 14.3 Å². The maximum Gasteiger partial charge on any atom is 0.243 e. The van der Waals surface area contributed by atoms with Gasteiger partial charge in [-0.25, -0.2) is 13.4 Å². The number of nitrogens with zero attached hydrogens (tertiary/aromatic N) is 4. The highest BCUT2D eigenvalue weighted by molar-refractivity contribution is 7.89. The molecule has 3 aromatic rings. The summed E-state index contributed by atoms with van der Waals surface area (Å²) in [5.41, 5.74) is 2.05. The zero-order chi connectivity index (χ0) is 21.1. The number of aromatic nitrogens is 2. The lowest BCUT2D eigenvalue weighted by atomic mass is 10.1. The second kappa shape index (κ2) is 8.41. The summed E-state index contributed by atoms with van der Waals surface area (Å²) in [7, 11) is -1.97. The van der Waals surface area contributed by atoms with Gasteiger partial charge < -0.3 is 9.64 Å². The molecule has 0 unspecified atom stereocenters. The largest absolute Gasteiger partial charge is 0.481 e. The summed E-state index contributed by atoms with van der Waals surface area (Å²) in [6.07, 6.45) is 0. The minimum absolute atomic E-state index is 0.315. The summed E-state index contributed by atoms with van der Waals surface area (Å²) >= 11 is 0. The molecule has 0 bridgehead atoms. The van der Waals surface area contributed by atoms with Crippen molar-refractivity contribution >= 4 is 15.8 Å². The van der Waals surface area contributed by atoms with E-state index in [1.807, 2.05) is 49.4 Å². The number of rotatable bonds is 5. The Morgan fingerprint density at radius 2 is 1.50 bits per heavy atom. The van der Waals surface area contributed by atoms with Gasteiger partial charge in [-0.2, -0.15) is 9.29 Å². The van der Waals surface area contributed by atoms with Crippen molar-refractivity contribution in [3.8, 4) is 17.0 Å². The van der Waals surface area contributed by atoms with E-state index in [1.165, 1.54) is 4.31 Å². The molecule has 4 rings (SSSR count). The summed E-state index contributed by atoms with van der Waals surface area (Å²) in [4.78, 5) is 11.0. The molecule has 1 saturated heterocycles. The molecule has 1 aliphatic heterocycles. The van der Waals surface area contributed by atoms with Crippen LogP contribution in [-0.4, -0.2) is 56.0 Å². The molecule has 0 atom stereocenters. The Labute approximate surface area is 177 Å². The van der Waals surface area contributed by atoms with E-state index >= 15 is 0 Å². The quantitative estimate of drug-likeness (QED) is 0.627. The standard InChI is InChI=1S/C22H24N4O3S/c1-17-23-21(16-22(24-17)29-2)25-12-14-26(15-13-25)30(27,28)20-10-8-19(9-11-20)18-6-4-3-5-7-18/h3-11,16H,12-15H2,1-2H3. The number of sulfonamides is 1. The van der Waals surface area contributed by atoms with Crippen molar-refractivity contribution in [3.63, 3.8) is 0 Å². The maximum atomic E-state index is 13.1. The first-order valence-corrected chi connectivity index (χ1v) is 11.2. The second-order valence-corrected chi connectivity index (χ2v) is 9.04. The molecule has 2 heterocycles. The predicted molar refractivity (Wildman–Crippen MR) is 116 cm³/mol. The molecule has 7 nitrogen and oxygen atoms in total. The number of ether oxygens (including phenoxy) is 1. The van der Waals surface area contributed by atoms with E-state index < -0.39 is 10.0 Å². The van der Waals surface area contributed by atoms with Crippen LogP contribution < -0.4 is 9.64 Å². The number of anilines is 1. The van der Waals surface area contributed by atoms with Crippen LogP contribution in [0.4, 0.5) is 5.82 Å². The molecule has 1 aromatic heterocycles. The number of hydrogen-bond donors (Lipinski definition) is 0. The third-order valence-corrected chi connectivity index (χ3v) is 7.08. The van der Waals surface area contributed by atoms with E-state index in [2.05, 4.69) is 14.9 Å². The minimum atomic E-state index is -3.54. The average molecular weight is 425 g/mol. The lowest BCUT2D eigenvalue weighted by Gasteiger charge is -2.34. The molecule has 8 heteroatoms. The molecule has 0 N–H and O–H groups in total. The van der Waals surface area contributed by atoms with Crippen molar-refractivity contribution in [2.75, 3.05) is 38.2 Å². The zero-order valence-corrected chi connectivity index (χ0v) is 17.8. The molecular weight excluding hydrogens is 400 g/mol. The lowest BCUT2D eigenvalue weighted by Crippen LogP contribution is -2.49. The van der Waals surface area contributed by atoms with Gasteiger partial charge in [0.2, 0.25) is 15.9 Å². The van der Waals surface area contributed by atoms with E-state index in [-0.39, 0.29) is 0 Å². The third-order valence-electron chi connectivity index (χ3n) is 5.17. The van der Waals surface area contributed by atoms with E-state index in [4.69, 9.17) is 4.74 Å². The van der Waals surface area contributed by atoms with Crippen LogP contribution in [-0.2, 0) is 10.0 Å². The highest BCUT2D eigenvalue weighted by atomic mass is 32.2. The molecule has 1 aliphatic rings. The Morgan fingerprint density at radius 1 is 0.867 bits per heavy atom. The Morgan fingerprint density at radius 3 is 2.13 bits per heavy atom. The van der Waals surface area contributed by atoms with Crippen molar-refractivity contribution in [1.29, 1.82) is 0 Å². The topological polar surface area (TPSA) is 75.6 Å². The molecular formula is C22H24N4O3S. The van der Waals surface area contributed by atoms with Crippen LogP contribution in [0, 0.1) is 6.92 Å². The zero-order valence-electron chi connectivity index (χ0n) is 17.0. The summed E-state index contributed by atoms with van der Waals surface area (Å²) in [5, 5.41) is 0. The van der Waals surface area contributed by atoms with Gasteiger partial charge in [-0.05, 0) is 30.2 Å². The van der Waals surface area contributed by atoms with Crippen LogP contribution in [0.25, 0.3) is 11.1 Å². The molecule has 0 amide bonds. The van der Waals surface area contributed by atoms with Gasteiger partial charge in [-0.3, -0.25) is 0 Å². The molecule has 0 radical (unpaired) electrons.